The smallest absolute Gasteiger partial charge is 0.0545 e. The van der Waals surface area contributed by atoms with Gasteiger partial charge in [-0.25, -0.2) is 0 Å². The van der Waals surface area contributed by atoms with Crippen LogP contribution in [0.1, 0.15) is 43.2 Å². The Morgan fingerprint density at radius 2 is 1.94 bits per heavy atom. The molecule has 6 heteroatoms. The molecule has 0 bridgehead atoms. The fourth-order valence-corrected chi connectivity index (χ4v) is 6.52. The predicted octanol–water partition coefficient (Wildman–Crippen LogP) is 6.41. The van der Waals surface area contributed by atoms with Crippen LogP contribution < -0.4 is 0 Å². The molecule has 0 radical (unpaired) electrons. The van der Waals surface area contributed by atoms with Gasteiger partial charge in [0.1, 0.15) is 0 Å². The minimum atomic E-state index is 0.377. The molecule has 2 aliphatic rings. The zero-order chi connectivity index (χ0) is 21.8. The summed E-state index contributed by atoms with van der Waals surface area (Å²) >= 11 is 14.4. The van der Waals surface area contributed by atoms with Gasteiger partial charge in [0.15, 0.2) is 0 Å². The van der Waals surface area contributed by atoms with E-state index in [9.17, 15) is 0 Å². The molecule has 4 rings (SSSR count). The minimum Gasteiger partial charge on any atom is -0.382 e. The Morgan fingerprint density at radius 1 is 1.13 bits per heavy atom. The quantitative estimate of drug-likeness (QED) is 0.434. The second kappa shape index (κ2) is 11.0. The SMILES string of the molecule is COC(C)CC1CCN(CC2CN(Cc3ccc(Cl)cc3Cl)CC2c2ccsc2)CC1. The van der Waals surface area contributed by atoms with Gasteiger partial charge in [0.2, 0.25) is 0 Å². The van der Waals surface area contributed by atoms with Gasteiger partial charge in [-0.05, 0) is 91.2 Å². The second-order valence-electron chi connectivity index (χ2n) is 9.38. The van der Waals surface area contributed by atoms with Gasteiger partial charge in [-0.15, -0.1) is 0 Å². The molecule has 0 N–H and O–H groups in total. The maximum absolute atomic E-state index is 6.47. The number of piperidine rings is 1. The van der Waals surface area contributed by atoms with Crippen LogP contribution in [-0.2, 0) is 11.3 Å². The average Bonchev–Trinajstić information content (AvgIpc) is 3.41. The van der Waals surface area contributed by atoms with E-state index in [4.69, 9.17) is 27.9 Å². The maximum atomic E-state index is 6.47. The molecule has 1 aromatic carbocycles. The van der Waals surface area contributed by atoms with Crippen molar-refractivity contribution in [2.45, 2.75) is 44.8 Å². The highest BCUT2D eigenvalue weighted by molar-refractivity contribution is 7.08. The van der Waals surface area contributed by atoms with Crippen molar-refractivity contribution in [3.63, 3.8) is 0 Å². The number of likely N-dealkylation sites (tertiary alicyclic amines) is 2. The molecule has 3 heterocycles. The van der Waals surface area contributed by atoms with Crippen molar-refractivity contribution in [3.05, 3.63) is 56.2 Å². The number of halogens is 2. The minimum absolute atomic E-state index is 0.377. The van der Waals surface area contributed by atoms with Crippen molar-refractivity contribution in [3.8, 4) is 0 Å². The van der Waals surface area contributed by atoms with E-state index in [1.807, 2.05) is 30.6 Å². The van der Waals surface area contributed by atoms with Crippen LogP contribution in [0.5, 0.6) is 0 Å². The Hall–Kier alpha value is -0.620. The number of hydrogen-bond donors (Lipinski definition) is 0. The standard InChI is InChI=1S/C25H34Cl2N2OS/c1-18(30-2)11-19-5-8-28(9-6-19)14-22-15-29(16-24(22)21-7-10-31-17-21)13-20-3-4-23(26)12-25(20)27/h3-4,7,10,12,17-19,22,24H,5-6,8-9,11,13-16H2,1-2H3. The second-order valence-corrected chi connectivity index (χ2v) is 11.0. The summed E-state index contributed by atoms with van der Waals surface area (Å²) in [6.45, 7) is 8.94. The fraction of sp³-hybridized carbons (Fsp3) is 0.600. The Kier molecular flexibility index (Phi) is 8.35. The number of benzene rings is 1. The largest absolute Gasteiger partial charge is 0.382 e. The molecule has 170 valence electrons. The molecule has 2 fully saturated rings. The lowest BCUT2D eigenvalue weighted by Crippen LogP contribution is -2.39. The van der Waals surface area contributed by atoms with E-state index in [1.54, 1.807) is 0 Å². The summed E-state index contributed by atoms with van der Waals surface area (Å²) in [6.07, 6.45) is 4.17. The van der Waals surface area contributed by atoms with Gasteiger partial charge in [-0.2, -0.15) is 11.3 Å². The molecule has 3 nitrogen and oxygen atoms in total. The van der Waals surface area contributed by atoms with E-state index in [2.05, 4.69) is 39.6 Å². The molecule has 1 aromatic heterocycles. The van der Waals surface area contributed by atoms with Crippen LogP contribution in [-0.4, -0.2) is 55.7 Å². The lowest BCUT2D eigenvalue weighted by molar-refractivity contribution is 0.0736. The number of rotatable bonds is 8. The molecule has 3 unspecified atom stereocenters. The third-order valence-electron chi connectivity index (χ3n) is 7.16. The van der Waals surface area contributed by atoms with Gasteiger partial charge in [0.25, 0.3) is 0 Å². The lowest BCUT2D eigenvalue weighted by Gasteiger charge is -2.35. The van der Waals surface area contributed by atoms with Gasteiger partial charge in [0.05, 0.1) is 6.10 Å². The van der Waals surface area contributed by atoms with Crippen molar-refractivity contribution < 1.29 is 4.74 Å². The van der Waals surface area contributed by atoms with Crippen LogP contribution in [0.25, 0.3) is 0 Å². The molecular formula is C25H34Cl2N2OS. The Balaban J connectivity index is 1.37. The highest BCUT2D eigenvalue weighted by atomic mass is 35.5. The molecule has 0 spiro atoms. The molecule has 0 amide bonds. The first-order valence-electron chi connectivity index (χ1n) is 11.5. The summed E-state index contributed by atoms with van der Waals surface area (Å²) in [5.74, 6) is 2.07. The van der Waals surface area contributed by atoms with Crippen LogP contribution in [0.3, 0.4) is 0 Å². The van der Waals surface area contributed by atoms with Crippen molar-refractivity contribution in [1.29, 1.82) is 0 Å². The number of thiophene rings is 1. The van der Waals surface area contributed by atoms with E-state index in [0.29, 0.717) is 23.0 Å². The fourth-order valence-electron chi connectivity index (χ4n) is 5.33. The molecule has 0 aliphatic carbocycles. The van der Waals surface area contributed by atoms with Crippen LogP contribution >= 0.6 is 34.5 Å². The topological polar surface area (TPSA) is 15.7 Å². The normalized spacial score (nSPS) is 24.6. The molecule has 3 atom stereocenters. The van der Waals surface area contributed by atoms with Crippen molar-refractivity contribution >= 4 is 34.5 Å². The van der Waals surface area contributed by atoms with E-state index in [-0.39, 0.29) is 0 Å². The molecule has 31 heavy (non-hydrogen) atoms. The van der Waals surface area contributed by atoms with Crippen LogP contribution in [0, 0.1) is 11.8 Å². The number of hydrogen-bond acceptors (Lipinski definition) is 4. The number of nitrogens with zero attached hydrogens (tertiary/aromatic N) is 2. The van der Waals surface area contributed by atoms with Crippen molar-refractivity contribution in [2.24, 2.45) is 11.8 Å². The summed E-state index contributed by atoms with van der Waals surface area (Å²) in [6, 6.07) is 8.20. The number of ether oxygens (including phenoxy) is 1. The third kappa shape index (κ3) is 6.25. The maximum Gasteiger partial charge on any atom is 0.0545 e. The van der Waals surface area contributed by atoms with Gasteiger partial charge in [-0.3, -0.25) is 4.90 Å². The summed E-state index contributed by atoms with van der Waals surface area (Å²) < 4.78 is 5.48. The lowest BCUT2D eigenvalue weighted by atomic mass is 9.88. The Labute approximate surface area is 201 Å². The average molecular weight is 482 g/mol. The van der Waals surface area contributed by atoms with Crippen LogP contribution in [0.15, 0.2) is 35.0 Å². The predicted molar refractivity (Wildman–Crippen MR) is 133 cm³/mol. The molecule has 0 saturated carbocycles. The van der Waals surface area contributed by atoms with E-state index in [1.165, 1.54) is 50.0 Å². The number of methoxy groups -OCH3 is 1. The molecule has 2 saturated heterocycles. The van der Waals surface area contributed by atoms with E-state index in [0.717, 1.165) is 30.6 Å². The summed E-state index contributed by atoms with van der Waals surface area (Å²) in [4.78, 5) is 5.28. The van der Waals surface area contributed by atoms with Crippen LogP contribution in [0.4, 0.5) is 0 Å². The van der Waals surface area contributed by atoms with Gasteiger partial charge in [-0.1, -0.05) is 29.3 Å². The van der Waals surface area contributed by atoms with Gasteiger partial charge < -0.3 is 9.64 Å². The molecular weight excluding hydrogens is 447 g/mol. The van der Waals surface area contributed by atoms with E-state index < -0.39 is 0 Å². The first kappa shape index (κ1) is 23.5. The van der Waals surface area contributed by atoms with E-state index >= 15 is 0 Å². The zero-order valence-corrected chi connectivity index (χ0v) is 20.9. The monoisotopic (exact) mass is 480 g/mol. The zero-order valence-electron chi connectivity index (χ0n) is 18.6. The highest BCUT2D eigenvalue weighted by Gasteiger charge is 2.36. The highest BCUT2D eigenvalue weighted by Crippen LogP contribution is 2.36. The summed E-state index contributed by atoms with van der Waals surface area (Å²) in [7, 11) is 1.83. The molecule has 2 aromatic rings. The van der Waals surface area contributed by atoms with Crippen LogP contribution in [0.2, 0.25) is 10.0 Å². The Bertz CT molecular complexity index is 823. The Morgan fingerprint density at radius 3 is 2.61 bits per heavy atom. The first-order chi connectivity index (χ1) is 15.0. The first-order valence-corrected chi connectivity index (χ1v) is 13.1. The van der Waals surface area contributed by atoms with Crippen molar-refractivity contribution in [2.75, 3.05) is 39.8 Å². The van der Waals surface area contributed by atoms with Gasteiger partial charge >= 0.3 is 0 Å². The summed E-state index contributed by atoms with van der Waals surface area (Å²) in [5, 5.41) is 6.03. The molecule has 2 aliphatic heterocycles. The van der Waals surface area contributed by atoms with Crippen molar-refractivity contribution in [1.82, 2.24) is 9.80 Å². The third-order valence-corrected chi connectivity index (χ3v) is 8.45. The van der Waals surface area contributed by atoms with Gasteiger partial charge in [0, 0.05) is 49.3 Å². The summed E-state index contributed by atoms with van der Waals surface area (Å²) in [5.41, 5.74) is 2.67.